The lowest BCUT2D eigenvalue weighted by Crippen LogP contribution is -2.73. The maximum Gasteiger partial charge on any atom is 0.410 e. The first-order chi connectivity index (χ1) is 21.4. The zero-order chi connectivity index (χ0) is 31.6. The lowest BCUT2D eigenvalue weighted by atomic mass is 9.79. The smallest absolute Gasteiger partial charge is 0.410 e. The van der Waals surface area contributed by atoms with Crippen molar-refractivity contribution in [1.29, 1.82) is 0 Å². The number of benzene rings is 1. The van der Waals surface area contributed by atoms with Crippen LogP contribution in [0.5, 0.6) is 0 Å². The topological polar surface area (TPSA) is 133 Å². The third kappa shape index (κ3) is 5.66. The monoisotopic (exact) mass is 619 g/mol. The van der Waals surface area contributed by atoms with Gasteiger partial charge < -0.3 is 29.2 Å². The fraction of sp³-hybridized carbons (Fsp3) is 0.594. The summed E-state index contributed by atoms with van der Waals surface area (Å²) in [5, 5.41) is 2.87. The molecular formula is C32H41N7O6. The van der Waals surface area contributed by atoms with Gasteiger partial charge in [-0.1, -0.05) is 24.6 Å². The lowest BCUT2D eigenvalue weighted by Gasteiger charge is -2.58. The molecule has 1 N–H and O–H groups in total. The van der Waals surface area contributed by atoms with Gasteiger partial charge in [-0.3, -0.25) is 14.3 Å². The van der Waals surface area contributed by atoms with E-state index in [1.807, 2.05) is 57.4 Å². The number of carbonyl (C=O) groups excluding carboxylic acids is 2. The third-order valence-corrected chi connectivity index (χ3v) is 9.04. The quantitative estimate of drug-likeness (QED) is 0.447. The maximum atomic E-state index is 12.9. The number of ether oxygens (including phenoxy) is 4. The van der Waals surface area contributed by atoms with Crippen LogP contribution < -0.4 is 5.32 Å². The molecule has 4 atom stereocenters. The second kappa shape index (κ2) is 11.0. The van der Waals surface area contributed by atoms with Crippen LogP contribution in [0.3, 0.4) is 0 Å². The van der Waals surface area contributed by atoms with Crippen molar-refractivity contribution < 1.29 is 28.5 Å². The highest BCUT2D eigenvalue weighted by Gasteiger charge is 2.58. The van der Waals surface area contributed by atoms with Crippen molar-refractivity contribution in [3.05, 3.63) is 48.5 Å². The summed E-state index contributed by atoms with van der Waals surface area (Å²) in [6, 6.07) is 8.95. The van der Waals surface area contributed by atoms with E-state index in [-0.39, 0.29) is 29.7 Å². The number of nitrogens with zero attached hydrogens (tertiary/aromatic N) is 6. The molecule has 0 bridgehead atoms. The standard InChI is InChI=1S/C32H41N7O6/c1-30(2,3)45-29(41)37-16-32(17-37)13-9-10-14-38(32)15-21-23-24(44-31(4,5)43-23)28(42-21)39-19-35-22-25(33-18-34-26(22)39)36-27(40)20-11-7-6-8-12-20/h6-8,11-12,18-19,21,23-24,28H,9-10,13-17H2,1-5H3,(H,33,34,36,40)/t21?,23-,24-,28?/m1/s1. The Morgan fingerprint density at radius 2 is 1.80 bits per heavy atom. The molecule has 2 aromatic heterocycles. The Morgan fingerprint density at radius 1 is 1.04 bits per heavy atom. The van der Waals surface area contributed by atoms with E-state index in [1.165, 1.54) is 6.33 Å². The Labute approximate surface area is 262 Å². The van der Waals surface area contributed by atoms with Gasteiger partial charge in [0.1, 0.15) is 30.2 Å². The SMILES string of the molecule is CC(C)(C)OC(=O)N1CC2(CCCCN2CC2OC(n3cnc4c(NC(=O)c5ccccc5)ncnc43)[C@@H]3OC(C)(C)O[C@H]23)C1. The molecule has 2 amide bonds. The number of anilines is 1. The van der Waals surface area contributed by atoms with Crippen LogP contribution in [-0.2, 0) is 18.9 Å². The van der Waals surface area contributed by atoms with Crippen LogP contribution in [0, 0.1) is 0 Å². The summed E-state index contributed by atoms with van der Waals surface area (Å²) >= 11 is 0. The van der Waals surface area contributed by atoms with E-state index in [2.05, 4.69) is 25.2 Å². The minimum atomic E-state index is -0.792. The minimum Gasteiger partial charge on any atom is -0.444 e. The highest BCUT2D eigenvalue weighted by Crippen LogP contribution is 2.46. The third-order valence-electron chi connectivity index (χ3n) is 9.04. The summed E-state index contributed by atoms with van der Waals surface area (Å²) in [6.45, 7) is 12.3. The minimum absolute atomic E-state index is 0.109. The maximum absolute atomic E-state index is 12.9. The molecule has 7 rings (SSSR count). The Morgan fingerprint density at radius 3 is 2.56 bits per heavy atom. The molecule has 13 heteroatoms. The number of piperidine rings is 1. The molecule has 240 valence electrons. The van der Waals surface area contributed by atoms with Crippen molar-refractivity contribution in [2.45, 2.75) is 95.3 Å². The Balaban J connectivity index is 1.11. The van der Waals surface area contributed by atoms with Gasteiger partial charge in [0.25, 0.3) is 5.91 Å². The summed E-state index contributed by atoms with van der Waals surface area (Å²) in [5.41, 5.74) is 0.852. The van der Waals surface area contributed by atoms with Crippen LogP contribution in [-0.4, -0.2) is 103 Å². The fourth-order valence-corrected chi connectivity index (χ4v) is 7.06. The van der Waals surface area contributed by atoms with Gasteiger partial charge in [-0.25, -0.2) is 19.7 Å². The molecule has 3 aromatic rings. The van der Waals surface area contributed by atoms with Gasteiger partial charge in [0.05, 0.1) is 11.9 Å². The second-order valence-corrected chi connectivity index (χ2v) is 14.0. The highest BCUT2D eigenvalue weighted by atomic mass is 16.8. The molecule has 4 saturated heterocycles. The van der Waals surface area contributed by atoms with Gasteiger partial charge in [0.2, 0.25) is 0 Å². The Hall–Kier alpha value is -3.65. The predicted molar refractivity (Wildman–Crippen MR) is 163 cm³/mol. The number of imidazole rings is 1. The van der Waals surface area contributed by atoms with Gasteiger partial charge in [-0.2, -0.15) is 0 Å². The first-order valence-electron chi connectivity index (χ1n) is 15.7. The van der Waals surface area contributed by atoms with Gasteiger partial charge in [-0.15, -0.1) is 0 Å². The number of likely N-dealkylation sites (tertiary alicyclic amines) is 2. The number of hydrogen-bond donors (Lipinski definition) is 1. The van der Waals surface area contributed by atoms with Crippen LogP contribution in [0.1, 0.15) is 70.5 Å². The molecule has 4 fully saturated rings. The van der Waals surface area contributed by atoms with E-state index in [0.29, 0.717) is 42.2 Å². The first kappa shape index (κ1) is 30.0. The van der Waals surface area contributed by atoms with E-state index in [1.54, 1.807) is 23.4 Å². The number of amides is 2. The predicted octanol–water partition coefficient (Wildman–Crippen LogP) is 3.97. The average Bonchev–Trinajstić information content (AvgIpc) is 3.63. The first-order valence-corrected chi connectivity index (χ1v) is 15.7. The molecule has 2 unspecified atom stereocenters. The van der Waals surface area contributed by atoms with Crippen LogP contribution in [0.2, 0.25) is 0 Å². The molecule has 45 heavy (non-hydrogen) atoms. The van der Waals surface area contributed by atoms with Crippen LogP contribution in [0.25, 0.3) is 11.2 Å². The number of fused-ring (bicyclic) bond motifs is 2. The Kier molecular flexibility index (Phi) is 7.34. The largest absolute Gasteiger partial charge is 0.444 e. The van der Waals surface area contributed by atoms with Gasteiger partial charge in [0, 0.05) is 25.2 Å². The number of hydrogen-bond acceptors (Lipinski definition) is 10. The summed E-state index contributed by atoms with van der Waals surface area (Å²) in [4.78, 5) is 43.3. The van der Waals surface area contributed by atoms with Crippen molar-refractivity contribution >= 4 is 29.0 Å². The molecule has 1 aromatic carbocycles. The van der Waals surface area contributed by atoms with Crippen LogP contribution >= 0.6 is 0 Å². The zero-order valence-corrected chi connectivity index (χ0v) is 26.4. The van der Waals surface area contributed by atoms with E-state index in [0.717, 1.165) is 25.8 Å². The van der Waals surface area contributed by atoms with E-state index < -0.39 is 23.7 Å². The zero-order valence-electron chi connectivity index (χ0n) is 26.4. The second-order valence-electron chi connectivity index (χ2n) is 14.0. The molecule has 0 aliphatic carbocycles. The average molecular weight is 620 g/mol. The lowest BCUT2D eigenvalue weighted by molar-refractivity contribution is -0.201. The molecule has 1 spiro atoms. The number of rotatable bonds is 5. The summed E-state index contributed by atoms with van der Waals surface area (Å²) < 4.78 is 27.1. The summed E-state index contributed by atoms with van der Waals surface area (Å²) in [7, 11) is 0. The molecule has 0 saturated carbocycles. The van der Waals surface area contributed by atoms with Crippen molar-refractivity contribution in [3.63, 3.8) is 0 Å². The van der Waals surface area contributed by atoms with Crippen LogP contribution in [0.4, 0.5) is 10.6 Å². The van der Waals surface area contributed by atoms with Crippen molar-refractivity contribution in [2.75, 3.05) is 31.5 Å². The number of aromatic nitrogens is 4. The molecule has 13 nitrogen and oxygen atoms in total. The molecule has 4 aliphatic rings. The van der Waals surface area contributed by atoms with Crippen LogP contribution in [0.15, 0.2) is 43.0 Å². The van der Waals surface area contributed by atoms with E-state index in [4.69, 9.17) is 18.9 Å². The molecule has 6 heterocycles. The fourth-order valence-electron chi connectivity index (χ4n) is 7.06. The van der Waals surface area contributed by atoms with E-state index in [9.17, 15) is 9.59 Å². The van der Waals surface area contributed by atoms with Gasteiger partial charge in [-0.05, 0) is 66.1 Å². The number of carbonyl (C=O) groups is 2. The summed E-state index contributed by atoms with van der Waals surface area (Å²) in [6.07, 6.45) is 4.45. The molecular weight excluding hydrogens is 578 g/mol. The highest BCUT2D eigenvalue weighted by molar-refractivity contribution is 6.06. The Bertz CT molecular complexity index is 1580. The summed E-state index contributed by atoms with van der Waals surface area (Å²) in [5.74, 6) is -0.759. The van der Waals surface area contributed by atoms with E-state index >= 15 is 0 Å². The normalized spacial score (nSPS) is 27.4. The van der Waals surface area contributed by atoms with Gasteiger partial charge in [0.15, 0.2) is 29.0 Å². The van der Waals surface area contributed by atoms with Crippen molar-refractivity contribution in [3.8, 4) is 0 Å². The van der Waals surface area contributed by atoms with Crippen molar-refractivity contribution in [2.24, 2.45) is 0 Å². The number of nitrogens with one attached hydrogen (secondary N) is 1. The van der Waals surface area contributed by atoms with Gasteiger partial charge >= 0.3 is 6.09 Å². The molecule has 0 radical (unpaired) electrons. The van der Waals surface area contributed by atoms with Crippen molar-refractivity contribution in [1.82, 2.24) is 29.3 Å². The molecule has 4 aliphatic heterocycles.